The van der Waals surface area contributed by atoms with E-state index in [4.69, 9.17) is 16.2 Å². The van der Waals surface area contributed by atoms with Crippen molar-refractivity contribution < 1.29 is 14.3 Å². The molecular formula is C13H25BrN2O3. The Labute approximate surface area is 123 Å². The maximum absolute atomic E-state index is 11.1. The summed E-state index contributed by atoms with van der Waals surface area (Å²) in [7, 11) is 0. The van der Waals surface area contributed by atoms with Crippen molar-refractivity contribution in [2.24, 2.45) is 17.4 Å². The second-order valence-electron chi connectivity index (χ2n) is 5.97. The molecule has 112 valence electrons. The predicted octanol–water partition coefficient (Wildman–Crippen LogP) is 1.71. The standard InChI is InChI=1S/C13H25BrN2O3/c1-12(2,14)7-8-19-13(3,4)6-5-9(10(15)17)11(16)18/h9H,5-8H2,1-4H3,(H2,15,17)(H2,16,18). The molecule has 0 aliphatic carbocycles. The van der Waals surface area contributed by atoms with Crippen LogP contribution in [0.5, 0.6) is 0 Å². The highest BCUT2D eigenvalue weighted by atomic mass is 79.9. The van der Waals surface area contributed by atoms with E-state index >= 15 is 0 Å². The number of hydrogen-bond donors (Lipinski definition) is 2. The van der Waals surface area contributed by atoms with Gasteiger partial charge in [-0.15, -0.1) is 0 Å². The SMILES string of the molecule is CC(C)(Br)CCOC(C)(C)CCC(C(N)=O)C(N)=O. The van der Waals surface area contributed by atoms with Crippen molar-refractivity contribution in [3.05, 3.63) is 0 Å². The molecule has 0 unspecified atom stereocenters. The lowest BCUT2D eigenvalue weighted by atomic mass is 9.94. The Balaban J connectivity index is 4.22. The highest BCUT2D eigenvalue weighted by Gasteiger charge is 2.27. The highest BCUT2D eigenvalue weighted by Crippen LogP contribution is 2.24. The van der Waals surface area contributed by atoms with Crippen LogP contribution >= 0.6 is 15.9 Å². The molecule has 4 N–H and O–H groups in total. The number of primary amides is 2. The monoisotopic (exact) mass is 336 g/mol. The van der Waals surface area contributed by atoms with Crippen LogP contribution in [0, 0.1) is 5.92 Å². The maximum Gasteiger partial charge on any atom is 0.229 e. The van der Waals surface area contributed by atoms with Gasteiger partial charge in [0.25, 0.3) is 0 Å². The number of carbonyl (C=O) groups excluding carboxylic acids is 2. The zero-order valence-corrected chi connectivity index (χ0v) is 13.7. The number of amides is 2. The van der Waals surface area contributed by atoms with Crippen LogP contribution in [-0.2, 0) is 14.3 Å². The Hall–Kier alpha value is -0.620. The van der Waals surface area contributed by atoms with E-state index in [1.807, 2.05) is 13.8 Å². The fourth-order valence-electron chi connectivity index (χ4n) is 1.56. The van der Waals surface area contributed by atoms with Crippen LogP contribution in [0.1, 0.15) is 47.0 Å². The number of alkyl halides is 1. The minimum absolute atomic E-state index is 0.0338. The van der Waals surface area contributed by atoms with Gasteiger partial charge in [-0.2, -0.15) is 0 Å². The van der Waals surface area contributed by atoms with Crippen molar-refractivity contribution in [3.8, 4) is 0 Å². The number of hydrogen-bond acceptors (Lipinski definition) is 3. The van der Waals surface area contributed by atoms with Gasteiger partial charge >= 0.3 is 0 Å². The molecule has 0 fully saturated rings. The molecule has 0 heterocycles. The van der Waals surface area contributed by atoms with Crippen LogP contribution in [0.4, 0.5) is 0 Å². The van der Waals surface area contributed by atoms with Crippen LogP contribution < -0.4 is 11.5 Å². The average Bonchev–Trinajstić information content (AvgIpc) is 2.13. The molecule has 0 atom stereocenters. The Morgan fingerprint density at radius 3 is 1.95 bits per heavy atom. The Morgan fingerprint density at radius 2 is 1.58 bits per heavy atom. The summed E-state index contributed by atoms with van der Waals surface area (Å²) in [5.74, 6) is -2.27. The first kappa shape index (κ1) is 18.4. The van der Waals surface area contributed by atoms with Gasteiger partial charge < -0.3 is 16.2 Å². The minimum atomic E-state index is -0.921. The molecule has 2 amide bonds. The van der Waals surface area contributed by atoms with Crippen LogP contribution in [0.3, 0.4) is 0 Å². The molecule has 0 radical (unpaired) electrons. The van der Waals surface area contributed by atoms with Crippen LogP contribution in [0.15, 0.2) is 0 Å². The van der Waals surface area contributed by atoms with Crippen LogP contribution in [0.2, 0.25) is 0 Å². The number of nitrogens with two attached hydrogens (primary N) is 2. The van der Waals surface area contributed by atoms with E-state index in [1.165, 1.54) is 0 Å². The first-order valence-corrected chi connectivity index (χ1v) is 7.15. The average molecular weight is 337 g/mol. The fraction of sp³-hybridized carbons (Fsp3) is 0.846. The van der Waals surface area contributed by atoms with Crippen LogP contribution in [0.25, 0.3) is 0 Å². The van der Waals surface area contributed by atoms with Gasteiger partial charge in [-0.1, -0.05) is 15.9 Å². The molecule has 0 aromatic carbocycles. The Bertz CT molecular complexity index is 310. The second kappa shape index (κ2) is 7.24. The van der Waals surface area contributed by atoms with Crippen molar-refractivity contribution in [2.75, 3.05) is 6.61 Å². The normalized spacial score (nSPS) is 12.7. The summed E-state index contributed by atoms with van der Waals surface area (Å²) >= 11 is 3.54. The van der Waals surface area contributed by atoms with Gasteiger partial charge in [-0.3, -0.25) is 9.59 Å². The number of rotatable bonds is 9. The summed E-state index contributed by atoms with van der Waals surface area (Å²) in [6, 6.07) is 0. The summed E-state index contributed by atoms with van der Waals surface area (Å²) in [6.45, 7) is 8.59. The third kappa shape index (κ3) is 8.99. The summed E-state index contributed by atoms with van der Waals surface area (Å²) in [5, 5.41) is 0. The summed E-state index contributed by atoms with van der Waals surface area (Å²) in [6.07, 6.45) is 1.73. The molecule has 0 aliphatic rings. The predicted molar refractivity (Wildman–Crippen MR) is 78.8 cm³/mol. The summed E-state index contributed by atoms with van der Waals surface area (Å²) < 4.78 is 5.81. The molecule has 0 saturated carbocycles. The quantitative estimate of drug-likeness (QED) is 0.495. The third-order valence-corrected chi connectivity index (χ3v) is 3.31. The van der Waals surface area contributed by atoms with E-state index in [2.05, 4.69) is 29.8 Å². The lowest BCUT2D eigenvalue weighted by molar-refractivity contribution is -0.132. The maximum atomic E-state index is 11.1. The van der Waals surface area contributed by atoms with Crippen LogP contribution in [-0.4, -0.2) is 28.3 Å². The largest absolute Gasteiger partial charge is 0.376 e. The lowest BCUT2D eigenvalue weighted by Gasteiger charge is -2.28. The van der Waals surface area contributed by atoms with Crippen molar-refractivity contribution in [3.63, 3.8) is 0 Å². The fourth-order valence-corrected chi connectivity index (χ4v) is 1.72. The zero-order chi connectivity index (χ0) is 15.3. The van der Waals surface area contributed by atoms with Crippen molar-refractivity contribution in [2.45, 2.75) is 56.9 Å². The molecule has 5 nitrogen and oxygen atoms in total. The second-order valence-corrected chi connectivity index (χ2v) is 8.12. The van der Waals surface area contributed by atoms with Gasteiger partial charge in [0.2, 0.25) is 11.8 Å². The van der Waals surface area contributed by atoms with Gasteiger partial charge in [-0.25, -0.2) is 0 Å². The van der Waals surface area contributed by atoms with Crippen molar-refractivity contribution >= 4 is 27.7 Å². The van der Waals surface area contributed by atoms with Gasteiger partial charge in [0.1, 0.15) is 5.92 Å². The summed E-state index contributed by atoms with van der Waals surface area (Å²) in [5.41, 5.74) is 9.86. The molecule has 0 bridgehead atoms. The molecule has 0 saturated heterocycles. The van der Waals surface area contributed by atoms with Gasteiger partial charge in [0.15, 0.2) is 0 Å². The Kier molecular flexibility index (Phi) is 7.00. The molecule has 6 heteroatoms. The van der Waals surface area contributed by atoms with Gasteiger partial charge in [0.05, 0.1) is 5.60 Å². The van der Waals surface area contributed by atoms with Crippen molar-refractivity contribution in [1.82, 2.24) is 0 Å². The first-order valence-electron chi connectivity index (χ1n) is 6.36. The first-order chi connectivity index (χ1) is 8.44. The molecule has 0 spiro atoms. The molecular weight excluding hydrogens is 312 g/mol. The number of ether oxygens (including phenoxy) is 1. The van der Waals surface area contributed by atoms with Gasteiger partial charge in [0, 0.05) is 10.9 Å². The number of halogens is 1. The molecule has 0 aromatic heterocycles. The van der Waals surface area contributed by atoms with E-state index in [9.17, 15) is 9.59 Å². The number of carbonyl (C=O) groups is 2. The smallest absolute Gasteiger partial charge is 0.229 e. The topological polar surface area (TPSA) is 95.4 Å². The van der Waals surface area contributed by atoms with Gasteiger partial charge in [-0.05, 0) is 47.0 Å². The zero-order valence-electron chi connectivity index (χ0n) is 12.2. The van der Waals surface area contributed by atoms with E-state index in [-0.39, 0.29) is 4.32 Å². The third-order valence-electron chi connectivity index (χ3n) is 2.91. The lowest BCUT2D eigenvalue weighted by Crippen LogP contribution is -2.37. The molecule has 0 aliphatic heterocycles. The van der Waals surface area contributed by atoms with E-state index in [1.54, 1.807) is 0 Å². The molecule has 0 aromatic rings. The molecule has 0 rings (SSSR count). The Morgan fingerprint density at radius 1 is 1.11 bits per heavy atom. The van der Waals surface area contributed by atoms with E-state index < -0.39 is 23.3 Å². The molecule has 19 heavy (non-hydrogen) atoms. The van der Waals surface area contributed by atoms with E-state index in [0.717, 1.165) is 6.42 Å². The highest BCUT2D eigenvalue weighted by molar-refractivity contribution is 9.10. The summed E-state index contributed by atoms with van der Waals surface area (Å²) in [4.78, 5) is 22.2. The van der Waals surface area contributed by atoms with E-state index in [0.29, 0.717) is 19.4 Å². The minimum Gasteiger partial charge on any atom is -0.376 e. The van der Waals surface area contributed by atoms with Crippen molar-refractivity contribution in [1.29, 1.82) is 0 Å².